The van der Waals surface area contributed by atoms with Crippen LogP contribution in [0, 0.1) is 5.82 Å². The van der Waals surface area contributed by atoms with E-state index in [1.165, 1.54) is 16.0 Å². The molecule has 1 N–H and O–H groups in total. The van der Waals surface area contributed by atoms with E-state index in [-0.39, 0.29) is 24.8 Å². The lowest BCUT2D eigenvalue weighted by Crippen LogP contribution is -2.58. The lowest BCUT2D eigenvalue weighted by Gasteiger charge is -2.32. The highest BCUT2D eigenvalue weighted by molar-refractivity contribution is 6.39. The van der Waals surface area contributed by atoms with Crippen molar-refractivity contribution in [3.8, 4) is 0 Å². The predicted molar refractivity (Wildman–Crippen MR) is 106 cm³/mol. The predicted octanol–water partition coefficient (Wildman–Crippen LogP) is 2.68. The van der Waals surface area contributed by atoms with E-state index in [2.05, 4.69) is 17.0 Å². The molecule has 0 spiro atoms. The van der Waals surface area contributed by atoms with Gasteiger partial charge in [-0.05, 0) is 25.1 Å². The van der Waals surface area contributed by atoms with Gasteiger partial charge < -0.3 is 4.90 Å². The number of para-hydroxylation sites is 1. The number of halogens is 1. The van der Waals surface area contributed by atoms with Crippen molar-refractivity contribution in [2.24, 2.45) is 4.99 Å². The number of hydrogen-bond donors (Lipinski definition) is 1. The molecular formula is C21H21FN4O2. The van der Waals surface area contributed by atoms with E-state index in [4.69, 9.17) is 0 Å². The molecule has 0 aromatic heterocycles. The molecule has 1 unspecified atom stereocenters. The molecule has 7 heteroatoms. The largest absolute Gasteiger partial charge is 0.328 e. The zero-order valence-electron chi connectivity index (χ0n) is 15.5. The van der Waals surface area contributed by atoms with Crippen LogP contribution < -0.4 is 10.4 Å². The van der Waals surface area contributed by atoms with Crippen LogP contribution in [0.2, 0.25) is 0 Å². The van der Waals surface area contributed by atoms with Crippen LogP contribution in [0.25, 0.3) is 0 Å². The molecule has 2 aromatic carbocycles. The average molecular weight is 380 g/mol. The van der Waals surface area contributed by atoms with Crippen molar-refractivity contribution in [1.29, 1.82) is 0 Å². The number of nitrogens with zero attached hydrogens (tertiary/aromatic N) is 3. The summed E-state index contributed by atoms with van der Waals surface area (Å²) in [5, 5.41) is 1.31. The minimum atomic E-state index is -0.723. The normalized spacial score (nSPS) is 16.2. The van der Waals surface area contributed by atoms with Gasteiger partial charge in [0.25, 0.3) is 11.8 Å². The summed E-state index contributed by atoms with van der Waals surface area (Å²) in [6.45, 7) is 5.57. The van der Waals surface area contributed by atoms with Crippen molar-refractivity contribution in [3.05, 3.63) is 78.6 Å². The fourth-order valence-corrected chi connectivity index (χ4v) is 2.85. The number of carbonyl (C=O) groups excluding carboxylic acids is 2. The van der Waals surface area contributed by atoms with Gasteiger partial charge in [0.05, 0.1) is 5.69 Å². The first-order chi connectivity index (χ1) is 13.5. The van der Waals surface area contributed by atoms with E-state index in [0.29, 0.717) is 11.3 Å². The fraction of sp³-hybridized carbons (Fsp3) is 0.190. The second kappa shape index (κ2) is 8.47. The number of amides is 2. The maximum absolute atomic E-state index is 14.0. The topological polar surface area (TPSA) is 65.0 Å². The minimum Gasteiger partial charge on any atom is -0.328 e. The average Bonchev–Trinajstić information content (AvgIpc) is 2.71. The maximum Gasteiger partial charge on any atom is 0.291 e. The van der Waals surface area contributed by atoms with Crippen LogP contribution in [0.3, 0.4) is 0 Å². The molecule has 1 aliphatic heterocycles. The standard InChI is InChI=1S/C21H21FN4O2/c1-3-13-25(14-16-9-7-8-12-18(16)22)21(28)19-23-15(2)20(27)26(24-19)17-10-5-4-6-11-17/h3-12,15H,1,13-14H2,2H3,(H,23,24). The number of aliphatic imine (C=N–C) groups is 1. The number of anilines is 1. The summed E-state index contributed by atoms with van der Waals surface area (Å²) >= 11 is 0. The molecule has 0 aliphatic carbocycles. The molecule has 0 radical (unpaired) electrons. The first-order valence-electron chi connectivity index (χ1n) is 8.88. The van der Waals surface area contributed by atoms with Gasteiger partial charge in [-0.1, -0.05) is 42.5 Å². The van der Waals surface area contributed by atoms with E-state index in [1.807, 2.05) is 6.07 Å². The second-order valence-electron chi connectivity index (χ2n) is 6.34. The molecular weight excluding hydrogens is 359 g/mol. The summed E-state index contributed by atoms with van der Waals surface area (Å²) in [4.78, 5) is 31.2. The smallest absolute Gasteiger partial charge is 0.291 e. The van der Waals surface area contributed by atoms with E-state index in [0.717, 1.165) is 0 Å². The van der Waals surface area contributed by atoms with Gasteiger partial charge in [0.1, 0.15) is 11.9 Å². The van der Waals surface area contributed by atoms with Gasteiger partial charge in [0.15, 0.2) is 0 Å². The molecule has 0 saturated heterocycles. The number of carbonyl (C=O) groups is 2. The van der Waals surface area contributed by atoms with E-state index >= 15 is 0 Å². The summed E-state index contributed by atoms with van der Waals surface area (Å²) in [7, 11) is 0. The number of amidine groups is 1. The van der Waals surface area contributed by atoms with Crippen LogP contribution in [0.5, 0.6) is 0 Å². The molecule has 1 atom stereocenters. The lowest BCUT2D eigenvalue weighted by atomic mass is 10.2. The Hall–Kier alpha value is -3.48. The molecule has 0 bridgehead atoms. The Labute approximate surface area is 163 Å². The number of rotatable bonds is 6. The highest BCUT2D eigenvalue weighted by atomic mass is 19.1. The minimum absolute atomic E-state index is 0.0224. The number of nitrogens with one attached hydrogen (secondary N) is 1. The highest BCUT2D eigenvalue weighted by Gasteiger charge is 2.32. The van der Waals surface area contributed by atoms with Crippen molar-refractivity contribution in [2.45, 2.75) is 19.5 Å². The Kier molecular flexibility index (Phi) is 5.84. The summed E-state index contributed by atoms with van der Waals surface area (Å²) in [5.41, 5.74) is 3.79. The SMILES string of the molecule is C=CCN(Cc1ccccc1F)C(=O)C1=NC(C)C(=O)N(c2ccccc2)N1. The van der Waals surface area contributed by atoms with Crippen molar-refractivity contribution in [2.75, 3.05) is 11.6 Å². The number of hydrazine groups is 1. The zero-order chi connectivity index (χ0) is 20.1. The Bertz CT molecular complexity index is 914. The molecule has 144 valence electrons. The lowest BCUT2D eigenvalue weighted by molar-refractivity contribution is -0.124. The maximum atomic E-state index is 14.0. The van der Waals surface area contributed by atoms with Crippen LogP contribution in [-0.2, 0) is 16.1 Å². The van der Waals surface area contributed by atoms with Crippen LogP contribution in [0.1, 0.15) is 12.5 Å². The Morgan fingerprint density at radius 3 is 2.61 bits per heavy atom. The van der Waals surface area contributed by atoms with E-state index in [9.17, 15) is 14.0 Å². The number of hydrogen-bond acceptors (Lipinski definition) is 4. The van der Waals surface area contributed by atoms with Crippen LogP contribution in [0.15, 0.2) is 72.2 Å². The summed E-state index contributed by atoms with van der Waals surface area (Å²) in [6.07, 6.45) is 1.56. The molecule has 28 heavy (non-hydrogen) atoms. The van der Waals surface area contributed by atoms with Gasteiger partial charge in [0, 0.05) is 18.7 Å². The first-order valence-corrected chi connectivity index (χ1v) is 8.88. The van der Waals surface area contributed by atoms with Crippen molar-refractivity contribution >= 4 is 23.3 Å². The van der Waals surface area contributed by atoms with Gasteiger partial charge in [-0.3, -0.25) is 15.0 Å². The first kappa shape index (κ1) is 19.3. The Morgan fingerprint density at radius 2 is 1.93 bits per heavy atom. The fourth-order valence-electron chi connectivity index (χ4n) is 2.85. The van der Waals surface area contributed by atoms with Crippen molar-refractivity contribution in [1.82, 2.24) is 10.3 Å². The van der Waals surface area contributed by atoms with Crippen LogP contribution in [-0.4, -0.2) is 35.1 Å². The molecule has 0 fully saturated rings. The van der Waals surface area contributed by atoms with Crippen LogP contribution >= 0.6 is 0 Å². The molecule has 1 heterocycles. The van der Waals surface area contributed by atoms with Gasteiger partial charge in [-0.15, -0.1) is 6.58 Å². The monoisotopic (exact) mass is 380 g/mol. The Morgan fingerprint density at radius 1 is 1.25 bits per heavy atom. The Balaban J connectivity index is 1.85. The van der Waals surface area contributed by atoms with Gasteiger partial charge in [-0.25, -0.2) is 14.4 Å². The molecule has 3 rings (SSSR count). The molecule has 1 aliphatic rings. The second-order valence-corrected chi connectivity index (χ2v) is 6.34. The molecule has 6 nitrogen and oxygen atoms in total. The third-order valence-electron chi connectivity index (χ3n) is 4.29. The quantitative estimate of drug-likeness (QED) is 0.784. The van der Waals surface area contributed by atoms with Gasteiger partial charge in [-0.2, -0.15) is 0 Å². The summed E-state index contributed by atoms with van der Waals surface area (Å²) in [5.74, 6) is -1.08. The highest BCUT2D eigenvalue weighted by Crippen LogP contribution is 2.17. The third-order valence-corrected chi connectivity index (χ3v) is 4.29. The van der Waals surface area contributed by atoms with E-state index in [1.54, 1.807) is 55.5 Å². The van der Waals surface area contributed by atoms with E-state index < -0.39 is 17.8 Å². The van der Waals surface area contributed by atoms with Crippen molar-refractivity contribution < 1.29 is 14.0 Å². The number of benzene rings is 2. The summed E-state index contributed by atoms with van der Waals surface area (Å²) < 4.78 is 14.0. The van der Waals surface area contributed by atoms with Crippen molar-refractivity contribution in [3.63, 3.8) is 0 Å². The molecule has 2 aromatic rings. The van der Waals surface area contributed by atoms with Gasteiger partial charge >= 0.3 is 0 Å². The summed E-state index contributed by atoms with van der Waals surface area (Å²) in [6, 6.07) is 14.5. The molecule has 0 saturated carbocycles. The van der Waals surface area contributed by atoms with Gasteiger partial charge in [0.2, 0.25) is 5.84 Å². The molecule has 2 amide bonds. The zero-order valence-corrected chi connectivity index (χ0v) is 15.5. The third kappa shape index (κ3) is 4.09. The van der Waals surface area contributed by atoms with Crippen LogP contribution in [0.4, 0.5) is 10.1 Å².